The van der Waals surface area contributed by atoms with E-state index in [1.807, 2.05) is 19.9 Å². The lowest BCUT2D eigenvalue weighted by atomic mass is 9.85. The molecule has 0 aliphatic heterocycles. The molecule has 0 N–H and O–H groups in total. The highest BCUT2D eigenvalue weighted by molar-refractivity contribution is 5.31. The van der Waals surface area contributed by atoms with Crippen molar-refractivity contribution in [1.29, 1.82) is 0 Å². The van der Waals surface area contributed by atoms with E-state index < -0.39 is 5.79 Å². The van der Waals surface area contributed by atoms with Gasteiger partial charge in [0.25, 0.3) is 0 Å². The highest BCUT2D eigenvalue weighted by atomic mass is 16.7. The molecule has 0 unspecified atom stereocenters. The van der Waals surface area contributed by atoms with Gasteiger partial charge in [-0.15, -0.1) is 0 Å². The average molecular weight is 293 g/mol. The number of hydrogen-bond acceptors (Lipinski definition) is 3. The molecule has 0 amide bonds. The van der Waals surface area contributed by atoms with Crippen LogP contribution < -0.4 is 4.74 Å². The topological polar surface area (TPSA) is 21.7 Å². The van der Waals surface area contributed by atoms with Gasteiger partial charge in [0.2, 0.25) is 5.79 Å². The van der Waals surface area contributed by atoms with Crippen LogP contribution in [-0.2, 0) is 4.74 Å². The zero-order valence-electron chi connectivity index (χ0n) is 14.6. The van der Waals surface area contributed by atoms with E-state index in [2.05, 4.69) is 51.0 Å². The molecule has 1 rings (SSSR count). The van der Waals surface area contributed by atoms with Gasteiger partial charge in [0.15, 0.2) is 0 Å². The van der Waals surface area contributed by atoms with E-state index in [9.17, 15) is 0 Å². The molecule has 1 aromatic rings. The summed E-state index contributed by atoms with van der Waals surface area (Å²) in [7, 11) is 5.92. The second-order valence-corrected chi connectivity index (χ2v) is 6.53. The third-order valence-corrected chi connectivity index (χ3v) is 3.92. The smallest absolute Gasteiger partial charge is 0.204 e. The zero-order valence-corrected chi connectivity index (χ0v) is 14.6. The summed E-state index contributed by atoms with van der Waals surface area (Å²) in [5.41, 5.74) is 1.34. The van der Waals surface area contributed by atoms with Crippen molar-refractivity contribution in [2.24, 2.45) is 5.92 Å². The highest BCUT2D eigenvalue weighted by Crippen LogP contribution is 2.31. The van der Waals surface area contributed by atoms with Gasteiger partial charge >= 0.3 is 0 Å². The van der Waals surface area contributed by atoms with Gasteiger partial charge in [-0.2, -0.15) is 0 Å². The number of ether oxygens (including phenoxy) is 2. The van der Waals surface area contributed by atoms with E-state index in [1.54, 1.807) is 7.11 Å². The van der Waals surface area contributed by atoms with E-state index >= 15 is 0 Å². The SMILES string of the molecule is CC[C@H](c1cccc(OC(C)(C)OC)c1)[C@H](C)CN(C)C. The molecular weight excluding hydrogens is 262 g/mol. The van der Waals surface area contributed by atoms with Gasteiger partial charge in [0.1, 0.15) is 5.75 Å². The molecule has 3 heteroatoms. The molecule has 0 heterocycles. The number of nitrogens with zero attached hydrogens (tertiary/aromatic N) is 1. The zero-order chi connectivity index (χ0) is 16.0. The number of rotatable bonds is 8. The molecule has 2 atom stereocenters. The first kappa shape index (κ1) is 18.0. The van der Waals surface area contributed by atoms with Crippen LogP contribution >= 0.6 is 0 Å². The summed E-state index contributed by atoms with van der Waals surface area (Å²) >= 11 is 0. The second kappa shape index (κ2) is 7.81. The van der Waals surface area contributed by atoms with Crippen LogP contribution in [0.1, 0.15) is 45.6 Å². The molecule has 120 valence electrons. The van der Waals surface area contributed by atoms with Crippen molar-refractivity contribution in [3.05, 3.63) is 29.8 Å². The maximum atomic E-state index is 5.91. The molecule has 0 aromatic heterocycles. The lowest BCUT2D eigenvalue weighted by Gasteiger charge is -2.28. The lowest BCUT2D eigenvalue weighted by Crippen LogP contribution is -2.30. The summed E-state index contributed by atoms with van der Waals surface area (Å²) in [6, 6.07) is 8.42. The van der Waals surface area contributed by atoms with Crippen LogP contribution in [0.4, 0.5) is 0 Å². The fourth-order valence-electron chi connectivity index (χ4n) is 2.80. The quantitative estimate of drug-likeness (QED) is 0.672. The minimum atomic E-state index is -0.602. The first-order valence-electron chi connectivity index (χ1n) is 7.78. The van der Waals surface area contributed by atoms with Crippen LogP contribution in [0, 0.1) is 5.92 Å². The molecule has 3 nitrogen and oxygen atoms in total. The molecule has 0 spiro atoms. The Morgan fingerprint density at radius 1 is 1.24 bits per heavy atom. The summed E-state index contributed by atoms with van der Waals surface area (Å²) in [6.45, 7) is 9.51. The van der Waals surface area contributed by atoms with Gasteiger partial charge in [-0.1, -0.05) is 26.0 Å². The normalized spacial score (nSPS) is 15.0. The Morgan fingerprint density at radius 3 is 2.43 bits per heavy atom. The third-order valence-electron chi connectivity index (χ3n) is 3.92. The lowest BCUT2D eigenvalue weighted by molar-refractivity contribution is -0.134. The van der Waals surface area contributed by atoms with E-state index in [1.165, 1.54) is 5.56 Å². The molecule has 0 aliphatic rings. The van der Waals surface area contributed by atoms with Crippen LogP contribution in [0.5, 0.6) is 5.75 Å². The molecule has 0 aliphatic carbocycles. The van der Waals surface area contributed by atoms with Crippen molar-refractivity contribution in [2.45, 2.75) is 45.8 Å². The Kier molecular flexibility index (Phi) is 6.69. The van der Waals surface area contributed by atoms with Gasteiger partial charge < -0.3 is 14.4 Å². The van der Waals surface area contributed by atoms with Crippen molar-refractivity contribution in [2.75, 3.05) is 27.7 Å². The van der Waals surface area contributed by atoms with Gasteiger partial charge in [0.05, 0.1) is 0 Å². The van der Waals surface area contributed by atoms with Crippen molar-refractivity contribution in [3.63, 3.8) is 0 Å². The molecule has 0 fully saturated rings. The number of benzene rings is 1. The van der Waals surface area contributed by atoms with Crippen LogP contribution in [-0.4, -0.2) is 38.4 Å². The van der Waals surface area contributed by atoms with E-state index in [0.717, 1.165) is 18.7 Å². The van der Waals surface area contributed by atoms with Crippen molar-refractivity contribution in [3.8, 4) is 5.75 Å². The monoisotopic (exact) mass is 293 g/mol. The van der Waals surface area contributed by atoms with Gasteiger partial charge in [-0.25, -0.2) is 0 Å². The van der Waals surface area contributed by atoms with Gasteiger partial charge in [-0.05, 0) is 50.0 Å². The summed E-state index contributed by atoms with van der Waals surface area (Å²) < 4.78 is 11.3. The fourth-order valence-corrected chi connectivity index (χ4v) is 2.80. The first-order chi connectivity index (χ1) is 9.79. The molecule has 0 bridgehead atoms. The van der Waals surface area contributed by atoms with E-state index in [0.29, 0.717) is 11.8 Å². The highest BCUT2D eigenvalue weighted by Gasteiger charge is 2.21. The predicted molar refractivity (Wildman–Crippen MR) is 88.9 cm³/mol. The second-order valence-electron chi connectivity index (χ2n) is 6.53. The van der Waals surface area contributed by atoms with E-state index in [-0.39, 0.29) is 0 Å². The maximum Gasteiger partial charge on any atom is 0.204 e. The van der Waals surface area contributed by atoms with E-state index in [4.69, 9.17) is 9.47 Å². The summed E-state index contributed by atoms with van der Waals surface area (Å²) in [5, 5.41) is 0. The van der Waals surface area contributed by atoms with Crippen LogP contribution in [0.2, 0.25) is 0 Å². The molecule has 0 saturated heterocycles. The molecular formula is C18H31NO2. The number of hydrogen-bond donors (Lipinski definition) is 0. The largest absolute Gasteiger partial charge is 0.463 e. The summed E-state index contributed by atoms with van der Waals surface area (Å²) in [5.74, 6) is 1.42. The van der Waals surface area contributed by atoms with Crippen LogP contribution in [0.3, 0.4) is 0 Å². The minimum absolute atomic E-state index is 0.543. The molecule has 1 aromatic carbocycles. The summed E-state index contributed by atoms with van der Waals surface area (Å²) in [6.07, 6.45) is 1.13. The van der Waals surface area contributed by atoms with Crippen molar-refractivity contribution >= 4 is 0 Å². The van der Waals surface area contributed by atoms with Gasteiger partial charge in [-0.3, -0.25) is 0 Å². The molecule has 0 saturated carbocycles. The number of methoxy groups -OCH3 is 1. The predicted octanol–water partition coefficient (Wildman–Crippen LogP) is 4.14. The van der Waals surface area contributed by atoms with Crippen molar-refractivity contribution in [1.82, 2.24) is 4.90 Å². The Morgan fingerprint density at radius 2 is 1.90 bits per heavy atom. The van der Waals surface area contributed by atoms with Gasteiger partial charge in [0, 0.05) is 27.5 Å². The maximum absolute atomic E-state index is 5.91. The Balaban J connectivity index is 2.91. The summed E-state index contributed by atoms with van der Waals surface area (Å²) in [4.78, 5) is 2.25. The van der Waals surface area contributed by atoms with Crippen molar-refractivity contribution < 1.29 is 9.47 Å². The minimum Gasteiger partial charge on any atom is -0.463 e. The Bertz CT molecular complexity index is 429. The first-order valence-corrected chi connectivity index (χ1v) is 7.78. The Hall–Kier alpha value is -1.06. The fraction of sp³-hybridized carbons (Fsp3) is 0.667. The van der Waals surface area contributed by atoms with Crippen LogP contribution in [0.15, 0.2) is 24.3 Å². The Labute approximate surface area is 130 Å². The molecule has 21 heavy (non-hydrogen) atoms. The standard InChI is InChI=1S/C18H31NO2/c1-8-17(14(2)13-19(5)6)15-10-9-11-16(12-15)21-18(3,4)20-7/h9-12,14,17H,8,13H2,1-7H3/t14-,17+/m1/s1. The average Bonchev–Trinajstić information content (AvgIpc) is 2.38. The third kappa shape index (κ3) is 5.68. The van der Waals surface area contributed by atoms with Crippen LogP contribution in [0.25, 0.3) is 0 Å². The molecule has 0 radical (unpaired) electrons.